The van der Waals surface area contributed by atoms with Crippen LogP contribution in [0.15, 0.2) is 18.2 Å². The fourth-order valence-electron chi connectivity index (χ4n) is 6.73. The predicted molar refractivity (Wildman–Crippen MR) is 117 cm³/mol. The minimum atomic E-state index is -0.725. The van der Waals surface area contributed by atoms with Gasteiger partial charge in [-0.2, -0.15) is 0 Å². The Balaban J connectivity index is 1.17. The van der Waals surface area contributed by atoms with Crippen molar-refractivity contribution in [3.63, 3.8) is 0 Å². The number of hydrogen-bond donors (Lipinski definition) is 0. The summed E-state index contributed by atoms with van der Waals surface area (Å²) >= 11 is 0. The van der Waals surface area contributed by atoms with Gasteiger partial charge in [0.15, 0.2) is 11.6 Å². The summed E-state index contributed by atoms with van der Waals surface area (Å²) in [5, 5.41) is 0. The molecule has 3 aliphatic carbocycles. The van der Waals surface area contributed by atoms with E-state index in [4.69, 9.17) is 0 Å². The van der Waals surface area contributed by atoms with Crippen molar-refractivity contribution in [1.82, 2.24) is 0 Å². The molecule has 0 unspecified atom stereocenters. The highest BCUT2D eigenvalue weighted by Crippen LogP contribution is 2.45. The Morgan fingerprint density at radius 3 is 1.72 bits per heavy atom. The summed E-state index contributed by atoms with van der Waals surface area (Å²) < 4.78 is 26.8. The molecule has 0 amide bonds. The number of benzene rings is 1. The van der Waals surface area contributed by atoms with Crippen LogP contribution in [-0.4, -0.2) is 0 Å². The van der Waals surface area contributed by atoms with Gasteiger partial charge in [-0.15, -0.1) is 0 Å². The SMILES string of the molecule is CC1CCC(CCC2CCC(C3CCC(c4ccc(F)c(F)c4)CC3)CC2)CC1. The Hall–Kier alpha value is -0.920. The van der Waals surface area contributed by atoms with Gasteiger partial charge in [0.2, 0.25) is 0 Å². The first-order chi connectivity index (χ1) is 14.1. The van der Waals surface area contributed by atoms with E-state index in [9.17, 15) is 8.78 Å². The topological polar surface area (TPSA) is 0 Å². The highest BCUT2D eigenvalue weighted by atomic mass is 19.2. The van der Waals surface area contributed by atoms with Gasteiger partial charge in [-0.05, 0) is 91.7 Å². The molecule has 1 aromatic carbocycles. The van der Waals surface area contributed by atoms with E-state index in [0.29, 0.717) is 5.92 Å². The van der Waals surface area contributed by atoms with Crippen molar-refractivity contribution in [1.29, 1.82) is 0 Å². The molecule has 0 aromatic heterocycles. The molecule has 0 atom stereocenters. The first kappa shape index (κ1) is 21.3. The molecule has 3 fully saturated rings. The maximum Gasteiger partial charge on any atom is 0.159 e. The molecule has 0 N–H and O–H groups in total. The van der Waals surface area contributed by atoms with Crippen molar-refractivity contribution >= 4 is 0 Å². The lowest BCUT2D eigenvalue weighted by atomic mass is 9.67. The Labute approximate surface area is 176 Å². The van der Waals surface area contributed by atoms with Crippen LogP contribution in [0.2, 0.25) is 0 Å². The lowest BCUT2D eigenvalue weighted by Crippen LogP contribution is -2.25. The highest BCUT2D eigenvalue weighted by molar-refractivity contribution is 5.22. The monoisotopic (exact) mass is 402 g/mol. The molecule has 3 saturated carbocycles. The van der Waals surface area contributed by atoms with Crippen molar-refractivity contribution in [2.45, 2.75) is 103 Å². The molecule has 0 radical (unpaired) electrons. The van der Waals surface area contributed by atoms with Gasteiger partial charge < -0.3 is 0 Å². The average molecular weight is 403 g/mol. The average Bonchev–Trinajstić information content (AvgIpc) is 2.76. The zero-order valence-corrected chi connectivity index (χ0v) is 18.4. The molecular formula is C27H40F2. The molecule has 2 heteroatoms. The molecule has 0 spiro atoms. The molecule has 29 heavy (non-hydrogen) atoms. The first-order valence-electron chi connectivity index (χ1n) is 12.5. The summed E-state index contributed by atoms with van der Waals surface area (Å²) in [6.45, 7) is 2.42. The van der Waals surface area contributed by atoms with Crippen LogP contribution in [0.5, 0.6) is 0 Å². The largest absolute Gasteiger partial charge is 0.204 e. The predicted octanol–water partition coefficient (Wildman–Crippen LogP) is 8.65. The molecule has 0 nitrogen and oxygen atoms in total. The van der Waals surface area contributed by atoms with Crippen molar-refractivity contribution in [3.8, 4) is 0 Å². The van der Waals surface area contributed by atoms with Crippen LogP contribution in [0.1, 0.15) is 108 Å². The second-order valence-electron chi connectivity index (χ2n) is 10.8. The van der Waals surface area contributed by atoms with Crippen molar-refractivity contribution in [2.24, 2.45) is 29.6 Å². The third-order valence-electron chi connectivity index (χ3n) is 8.86. The minimum absolute atomic E-state index is 0.427. The van der Waals surface area contributed by atoms with E-state index in [-0.39, 0.29) is 0 Å². The van der Waals surface area contributed by atoms with Crippen molar-refractivity contribution < 1.29 is 8.78 Å². The molecule has 162 valence electrons. The van der Waals surface area contributed by atoms with E-state index in [1.165, 1.54) is 89.2 Å². The zero-order chi connectivity index (χ0) is 20.2. The lowest BCUT2D eigenvalue weighted by molar-refractivity contribution is 0.150. The van der Waals surface area contributed by atoms with Gasteiger partial charge >= 0.3 is 0 Å². The third kappa shape index (κ3) is 5.61. The summed E-state index contributed by atoms with van der Waals surface area (Å²) in [6.07, 6.45) is 19.5. The third-order valence-corrected chi connectivity index (χ3v) is 8.86. The van der Waals surface area contributed by atoms with Gasteiger partial charge in [-0.1, -0.05) is 64.4 Å². The molecule has 1 aromatic rings. The van der Waals surface area contributed by atoms with E-state index in [2.05, 4.69) is 6.92 Å². The van der Waals surface area contributed by atoms with Crippen molar-refractivity contribution in [3.05, 3.63) is 35.4 Å². The normalized spacial score (nSPS) is 36.1. The van der Waals surface area contributed by atoms with Crippen LogP contribution < -0.4 is 0 Å². The second kappa shape index (κ2) is 9.92. The number of hydrogen-bond acceptors (Lipinski definition) is 0. The summed E-state index contributed by atoms with van der Waals surface area (Å²) in [5.41, 5.74) is 1.00. The number of halogens is 2. The molecule has 4 rings (SSSR count). The van der Waals surface area contributed by atoms with Gasteiger partial charge in [0.25, 0.3) is 0 Å². The Kier molecular flexibility index (Phi) is 7.30. The van der Waals surface area contributed by atoms with Crippen LogP contribution in [0, 0.1) is 41.2 Å². The van der Waals surface area contributed by atoms with Crippen molar-refractivity contribution in [2.75, 3.05) is 0 Å². The maximum atomic E-state index is 13.6. The van der Waals surface area contributed by atoms with Crippen LogP contribution in [0.3, 0.4) is 0 Å². The summed E-state index contributed by atoms with van der Waals surface area (Å²) in [7, 11) is 0. The van der Waals surface area contributed by atoms with Gasteiger partial charge in [-0.25, -0.2) is 8.78 Å². The van der Waals surface area contributed by atoms with E-state index in [1.807, 2.05) is 0 Å². The van der Waals surface area contributed by atoms with E-state index in [0.717, 1.165) is 48.0 Å². The highest BCUT2D eigenvalue weighted by Gasteiger charge is 2.31. The van der Waals surface area contributed by atoms with Crippen LogP contribution in [0.4, 0.5) is 8.78 Å². The fraction of sp³-hybridized carbons (Fsp3) is 0.778. The van der Waals surface area contributed by atoms with E-state index in [1.54, 1.807) is 6.07 Å². The van der Waals surface area contributed by atoms with Gasteiger partial charge in [0, 0.05) is 0 Å². The van der Waals surface area contributed by atoms with Crippen LogP contribution in [0.25, 0.3) is 0 Å². The van der Waals surface area contributed by atoms with E-state index >= 15 is 0 Å². The molecule has 0 saturated heterocycles. The summed E-state index contributed by atoms with van der Waals surface area (Å²) in [5.74, 6) is 3.79. The summed E-state index contributed by atoms with van der Waals surface area (Å²) in [4.78, 5) is 0. The molecule has 0 heterocycles. The molecule has 3 aliphatic rings. The summed E-state index contributed by atoms with van der Waals surface area (Å²) in [6, 6.07) is 4.52. The van der Waals surface area contributed by atoms with Gasteiger partial charge in [0.1, 0.15) is 0 Å². The Morgan fingerprint density at radius 1 is 0.655 bits per heavy atom. The standard InChI is InChI=1S/C27H40F2/c1-19-2-4-20(5-3-19)6-7-21-8-10-22(11-9-21)23-12-14-24(15-13-23)25-16-17-26(28)27(29)18-25/h16-24H,2-15H2,1H3. The lowest BCUT2D eigenvalue weighted by Gasteiger charge is -2.38. The first-order valence-corrected chi connectivity index (χ1v) is 12.5. The van der Waals surface area contributed by atoms with Crippen LogP contribution >= 0.6 is 0 Å². The van der Waals surface area contributed by atoms with Gasteiger partial charge in [-0.3, -0.25) is 0 Å². The maximum absolute atomic E-state index is 13.6. The van der Waals surface area contributed by atoms with E-state index < -0.39 is 11.6 Å². The zero-order valence-electron chi connectivity index (χ0n) is 18.4. The Morgan fingerprint density at radius 2 is 1.17 bits per heavy atom. The second-order valence-corrected chi connectivity index (χ2v) is 10.8. The minimum Gasteiger partial charge on any atom is -0.204 e. The molecule has 0 aliphatic heterocycles. The number of rotatable bonds is 5. The quantitative estimate of drug-likeness (QED) is 0.462. The Bertz CT molecular complexity index is 630. The smallest absolute Gasteiger partial charge is 0.159 e. The molecular weight excluding hydrogens is 362 g/mol. The van der Waals surface area contributed by atoms with Gasteiger partial charge in [0.05, 0.1) is 0 Å². The molecule has 0 bridgehead atoms. The fourth-order valence-corrected chi connectivity index (χ4v) is 6.73. The van der Waals surface area contributed by atoms with Crippen LogP contribution in [-0.2, 0) is 0 Å².